The van der Waals surface area contributed by atoms with E-state index in [0.717, 1.165) is 22.4 Å². The van der Waals surface area contributed by atoms with Crippen molar-refractivity contribution in [1.82, 2.24) is 34.4 Å². The molecule has 1 N–H and O–H groups in total. The van der Waals surface area contributed by atoms with Gasteiger partial charge in [0.25, 0.3) is 0 Å². The number of likely N-dealkylation sites (tertiary alicyclic amines) is 1. The molecule has 1 aliphatic heterocycles. The van der Waals surface area contributed by atoms with Crippen molar-refractivity contribution in [3.63, 3.8) is 0 Å². The highest BCUT2D eigenvalue weighted by atomic mass is 16.5. The first-order chi connectivity index (χ1) is 15.7. The van der Waals surface area contributed by atoms with E-state index in [-0.39, 0.29) is 13.2 Å². The maximum atomic E-state index is 9.01. The Kier molecular flexibility index (Phi) is 7.08. The molecule has 9 nitrogen and oxygen atoms in total. The Morgan fingerprint density at radius 2 is 1.78 bits per heavy atom. The number of piperidine rings is 1. The minimum absolute atomic E-state index is 0.0406. The van der Waals surface area contributed by atoms with Crippen LogP contribution in [0.2, 0.25) is 0 Å². The number of benzene rings is 1. The van der Waals surface area contributed by atoms with E-state index in [0.29, 0.717) is 11.6 Å². The molecule has 9 heteroatoms. The maximum absolute atomic E-state index is 9.01. The van der Waals surface area contributed by atoms with Crippen LogP contribution in [-0.2, 0) is 7.05 Å². The standard InChI is InChI=1S/C17H16N6O2.C6H13N/c1-22-14-10-16(23-19-6-7-20-23)18-11-13(14)21-17(22)12-4-2-3-5-15(12)25-9-8-24;1-7-5-3-2-4-6-7/h2-7,10-11,24H,8-9H2,1H3;2-6H2,1H3. The average molecular weight is 436 g/mol. The Morgan fingerprint density at radius 3 is 2.47 bits per heavy atom. The summed E-state index contributed by atoms with van der Waals surface area (Å²) in [6.45, 7) is 2.83. The summed E-state index contributed by atoms with van der Waals surface area (Å²) in [4.78, 5) is 12.9. The van der Waals surface area contributed by atoms with Crippen LogP contribution >= 0.6 is 0 Å². The molecule has 0 bridgehead atoms. The second kappa shape index (κ2) is 10.3. The predicted molar refractivity (Wildman–Crippen MR) is 123 cm³/mol. The number of para-hydroxylation sites is 1. The smallest absolute Gasteiger partial charge is 0.176 e. The van der Waals surface area contributed by atoms with Crippen molar-refractivity contribution in [3.05, 3.63) is 48.9 Å². The number of hydrogen-bond donors (Lipinski definition) is 1. The molecule has 0 radical (unpaired) electrons. The largest absolute Gasteiger partial charge is 0.490 e. The molecular formula is C23H29N7O2. The molecule has 1 saturated heterocycles. The SMILES string of the molecule is CN1CCCCC1.Cn1c(-c2ccccc2OCCO)nc2cnc(-n3nccn3)cc21. The minimum atomic E-state index is -0.0406. The number of fused-ring (bicyclic) bond motifs is 1. The number of hydrogen-bond acceptors (Lipinski definition) is 7. The highest BCUT2D eigenvalue weighted by molar-refractivity contribution is 5.82. The second-order valence-electron chi connectivity index (χ2n) is 7.78. The fourth-order valence-corrected chi connectivity index (χ4v) is 3.75. The molecular weight excluding hydrogens is 406 g/mol. The van der Waals surface area contributed by atoms with Gasteiger partial charge in [-0.1, -0.05) is 18.6 Å². The lowest BCUT2D eigenvalue weighted by Gasteiger charge is -2.20. The van der Waals surface area contributed by atoms with Gasteiger partial charge in [0.15, 0.2) is 5.82 Å². The van der Waals surface area contributed by atoms with Gasteiger partial charge in [0, 0.05) is 13.1 Å². The molecule has 0 spiro atoms. The first kappa shape index (κ1) is 21.9. The van der Waals surface area contributed by atoms with Crippen LogP contribution in [0.4, 0.5) is 0 Å². The van der Waals surface area contributed by atoms with Gasteiger partial charge in [-0.3, -0.25) is 0 Å². The molecule has 32 heavy (non-hydrogen) atoms. The maximum Gasteiger partial charge on any atom is 0.176 e. The molecule has 0 amide bonds. The third-order valence-corrected chi connectivity index (χ3v) is 5.43. The number of aliphatic hydroxyl groups excluding tert-OH is 1. The molecule has 168 valence electrons. The van der Waals surface area contributed by atoms with Gasteiger partial charge in [-0.2, -0.15) is 10.2 Å². The van der Waals surface area contributed by atoms with Crippen LogP contribution in [-0.4, -0.2) is 72.9 Å². The summed E-state index contributed by atoms with van der Waals surface area (Å²) in [5, 5.41) is 17.2. The van der Waals surface area contributed by atoms with E-state index >= 15 is 0 Å². The van der Waals surface area contributed by atoms with Crippen LogP contribution in [0, 0.1) is 0 Å². The number of ether oxygens (including phenoxy) is 1. The normalized spacial score (nSPS) is 14.2. The van der Waals surface area contributed by atoms with E-state index in [4.69, 9.17) is 9.84 Å². The lowest BCUT2D eigenvalue weighted by atomic mass is 10.1. The summed E-state index contributed by atoms with van der Waals surface area (Å²) in [6.07, 6.45) is 9.19. The topological polar surface area (TPSA) is 94.1 Å². The number of imidazole rings is 1. The van der Waals surface area contributed by atoms with Crippen molar-refractivity contribution in [2.45, 2.75) is 19.3 Å². The summed E-state index contributed by atoms with van der Waals surface area (Å²) in [6, 6.07) is 9.52. The Balaban J connectivity index is 0.000000300. The summed E-state index contributed by atoms with van der Waals surface area (Å²) in [5.74, 6) is 2.06. The number of nitrogens with zero attached hydrogens (tertiary/aromatic N) is 7. The fourth-order valence-electron chi connectivity index (χ4n) is 3.75. The predicted octanol–water partition coefficient (Wildman–Crippen LogP) is 2.69. The van der Waals surface area contributed by atoms with E-state index in [1.54, 1.807) is 18.6 Å². The van der Waals surface area contributed by atoms with E-state index < -0.39 is 0 Å². The Labute approximate surface area is 187 Å². The molecule has 0 atom stereocenters. The number of pyridine rings is 1. The highest BCUT2D eigenvalue weighted by Crippen LogP contribution is 2.31. The van der Waals surface area contributed by atoms with Crippen LogP contribution in [0.5, 0.6) is 5.75 Å². The lowest BCUT2D eigenvalue weighted by Crippen LogP contribution is -2.24. The molecule has 4 heterocycles. The average Bonchev–Trinajstić information content (AvgIpc) is 3.47. The number of aryl methyl sites for hydroxylation is 1. The third kappa shape index (κ3) is 4.95. The van der Waals surface area contributed by atoms with Gasteiger partial charge in [-0.25, -0.2) is 9.97 Å². The van der Waals surface area contributed by atoms with E-state index in [1.807, 2.05) is 41.9 Å². The van der Waals surface area contributed by atoms with Crippen molar-refractivity contribution >= 4 is 11.0 Å². The molecule has 0 saturated carbocycles. The van der Waals surface area contributed by atoms with Crippen molar-refractivity contribution in [2.75, 3.05) is 33.4 Å². The summed E-state index contributed by atoms with van der Waals surface area (Å²) < 4.78 is 7.61. The third-order valence-electron chi connectivity index (χ3n) is 5.43. The Hall–Kier alpha value is -3.30. The van der Waals surface area contributed by atoms with Crippen molar-refractivity contribution in [2.24, 2.45) is 7.05 Å². The van der Waals surface area contributed by atoms with Gasteiger partial charge in [0.1, 0.15) is 23.7 Å². The van der Waals surface area contributed by atoms with E-state index in [9.17, 15) is 0 Å². The van der Waals surface area contributed by atoms with Gasteiger partial charge < -0.3 is 19.3 Å². The zero-order chi connectivity index (χ0) is 22.3. The quantitative estimate of drug-likeness (QED) is 0.515. The van der Waals surface area contributed by atoms with Crippen molar-refractivity contribution in [1.29, 1.82) is 0 Å². The van der Waals surface area contributed by atoms with Crippen LogP contribution < -0.4 is 4.74 Å². The number of aromatic nitrogens is 6. The van der Waals surface area contributed by atoms with Crippen LogP contribution in [0.25, 0.3) is 28.2 Å². The molecule has 0 aliphatic carbocycles. The second-order valence-corrected chi connectivity index (χ2v) is 7.78. The summed E-state index contributed by atoms with van der Waals surface area (Å²) >= 11 is 0. The molecule has 5 rings (SSSR count). The highest BCUT2D eigenvalue weighted by Gasteiger charge is 2.15. The Bertz CT molecular complexity index is 1130. The van der Waals surface area contributed by atoms with E-state index in [1.165, 1.54) is 37.1 Å². The first-order valence-electron chi connectivity index (χ1n) is 10.9. The zero-order valence-electron chi connectivity index (χ0n) is 18.6. The van der Waals surface area contributed by atoms with Gasteiger partial charge in [0.2, 0.25) is 0 Å². The van der Waals surface area contributed by atoms with Crippen LogP contribution in [0.3, 0.4) is 0 Å². The van der Waals surface area contributed by atoms with E-state index in [2.05, 4.69) is 32.1 Å². The van der Waals surface area contributed by atoms with Gasteiger partial charge in [0.05, 0.1) is 36.3 Å². The van der Waals surface area contributed by atoms with Crippen LogP contribution in [0.15, 0.2) is 48.9 Å². The molecule has 4 aromatic rings. The molecule has 1 aliphatic rings. The van der Waals surface area contributed by atoms with Gasteiger partial charge >= 0.3 is 0 Å². The van der Waals surface area contributed by atoms with Crippen molar-refractivity contribution in [3.8, 4) is 23.0 Å². The first-order valence-corrected chi connectivity index (χ1v) is 10.9. The Morgan fingerprint density at radius 1 is 1.03 bits per heavy atom. The molecule has 1 fully saturated rings. The number of rotatable bonds is 5. The molecule has 3 aromatic heterocycles. The monoisotopic (exact) mass is 435 g/mol. The van der Waals surface area contributed by atoms with Crippen LogP contribution in [0.1, 0.15) is 19.3 Å². The lowest BCUT2D eigenvalue weighted by molar-refractivity contribution is 0.202. The minimum Gasteiger partial charge on any atom is -0.490 e. The molecule has 1 aromatic carbocycles. The fraction of sp³-hybridized carbons (Fsp3) is 0.391. The summed E-state index contributed by atoms with van der Waals surface area (Å²) in [7, 11) is 4.13. The molecule has 0 unspecified atom stereocenters. The van der Waals surface area contributed by atoms with Crippen molar-refractivity contribution < 1.29 is 9.84 Å². The summed E-state index contributed by atoms with van der Waals surface area (Å²) in [5.41, 5.74) is 2.54. The van der Waals surface area contributed by atoms with Gasteiger partial charge in [-0.05, 0) is 45.1 Å². The van der Waals surface area contributed by atoms with Gasteiger partial charge in [-0.15, -0.1) is 4.80 Å². The zero-order valence-corrected chi connectivity index (χ0v) is 18.6. The number of aliphatic hydroxyl groups is 1.